The fourth-order valence-electron chi connectivity index (χ4n) is 1.22. The highest BCUT2D eigenvalue weighted by atomic mass is 35.5. The summed E-state index contributed by atoms with van der Waals surface area (Å²) in [6, 6.07) is 1.51. The highest BCUT2D eigenvalue weighted by molar-refractivity contribution is 6.32. The maximum Gasteiger partial charge on any atom is 0.296 e. The van der Waals surface area contributed by atoms with Gasteiger partial charge in [0.1, 0.15) is 5.69 Å². The van der Waals surface area contributed by atoms with Gasteiger partial charge in [-0.15, -0.1) is 0 Å². The smallest absolute Gasteiger partial charge is 0.296 e. The first-order valence-corrected chi connectivity index (χ1v) is 4.02. The molecular formula is C8H9ClN2O2. The average molecular weight is 201 g/mol. The number of nitrogens with zero attached hydrogens (tertiary/aromatic N) is 1. The Morgan fingerprint density at radius 3 is 2.54 bits per heavy atom. The third-order valence-electron chi connectivity index (χ3n) is 1.86. The maximum atomic E-state index is 10.6. The molecule has 0 fully saturated rings. The lowest BCUT2D eigenvalue weighted by molar-refractivity contribution is -0.384. The zero-order valence-electron chi connectivity index (χ0n) is 7.30. The first kappa shape index (κ1) is 9.80. The van der Waals surface area contributed by atoms with Gasteiger partial charge in [-0.05, 0) is 25.5 Å². The van der Waals surface area contributed by atoms with Crippen LogP contribution in [0.1, 0.15) is 11.1 Å². The van der Waals surface area contributed by atoms with E-state index in [1.807, 2.05) is 0 Å². The van der Waals surface area contributed by atoms with E-state index in [9.17, 15) is 10.1 Å². The fourth-order valence-corrected chi connectivity index (χ4v) is 1.37. The number of anilines is 1. The minimum Gasteiger partial charge on any atom is -0.393 e. The number of nitro groups is 1. The second kappa shape index (κ2) is 3.22. The number of hydrogen-bond acceptors (Lipinski definition) is 3. The van der Waals surface area contributed by atoms with Gasteiger partial charge >= 0.3 is 0 Å². The number of rotatable bonds is 1. The number of aryl methyl sites for hydroxylation is 1. The fraction of sp³-hybridized carbons (Fsp3) is 0.250. The molecule has 0 aliphatic heterocycles. The van der Waals surface area contributed by atoms with E-state index in [-0.39, 0.29) is 11.4 Å². The van der Waals surface area contributed by atoms with Crippen molar-refractivity contribution in [1.82, 2.24) is 0 Å². The Morgan fingerprint density at radius 1 is 1.54 bits per heavy atom. The Balaban J connectivity index is 3.53. The normalized spacial score (nSPS) is 10.1. The summed E-state index contributed by atoms with van der Waals surface area (Å²) in [4.78, 5) is 10.1. The molecule has 0 heterocycles. The SMILES string of the molecule is Cc1cc(N)c([N+](=O)[O-])c(C)c1Cl. The lowest BCUT2D eigenvalue weighted by atomic mass is 10.1. The van der Waals surface area contributed by atoms with Crippen molar-refractivity contribution in [3.05, 3.63) is 32.3 Å². The third-order valence-corrected chi connectivity index (χ3v) is 2.44. The van der Waals surface area contributed by atoms with Crippen molar-refractivity contribution in [3.63, 3.8) is 0 Å². The standard InChI is InChI=1S/C8H9ClN2O2/c1-4-3-6(10)8(11(12)13)5(2)7(4)9/h3H,10H2,1-2H3. The summed E-state index contributed by atoms with van der Waals surface area (Å²) >= 11 is 5.84. The minimum absolute atomic E-state index is 0.101. The van der Waals surface area contributed by atoms with Crippen molar-refractivity contribution in [2.75, 3.05) is 5.73 Å². The van der Waals surface area contributed by atoms with Gasteiger partial charge in [-0.25, -0.2) is 0 Å². The maximum absolute atomic E-state index is 10.6. The van der Waals surface area contributed by atoms with Crippen molar-refractivity contribution in [3.8, 4) is 0 Å². The van der Waals surface area contributed by atoms with Crippen LogP contribution in [0, 0.1) is 24.0 Å². The first-order valence-electron chi connectivity index (χ1n) is 3.64. The molecule has 1 aromatic carbocycles. The Hall–Kier alpha value is -1.29. The van der Waals surface area contributed by atoms with Crippen LogP contribution in [0.2, 0.25) is 5.02 Å². The second-order valence-electron chi connectivity index (χ2n) is 2.83. The molecule has 4 nitrogen and oxygen atoms in total. The molecule has 0 aliphatic carbocycles. The summed E-state index contributed by atoms with van der Waals surface area (Å²) in [5.74, 6) is 0. The molecule has 2 N–H and O–H groups in total. The highest BCUT2D eigenvalue weighted by Gasteiger charge is 2.19. The van der Waals surface area contributed by atoms with Crippen LogP contribution in [-0.4, -0.2) is 4.92 Å². The molecule has 0 saturated carbocycles. The van der Waals surface area contributed by atoms with Crippen molar-refractivity contribution in [1.29, 1.82) is 0 Å². The van der Waals surface area contributed by atoms with Crippen molar-refractivity contribution in [2.45, 2.75) is 13.8 Å². The first-order chi connectivity index (χ1) is 5.95. The number of nitro benzene ring substituents is 1. The zero-order chi connectivity index (χ0) is 10.2. The van der Waals surface area contributed by atoms with E-state index in [2.05, 4.69) is 0 Å². The van der Waals surface area contributed by atoms with Gasteiger partial charge in [-0.1, -0.05) is 11.6 Å². The van der Waals surface area contributed by atoms with Crippen LogP contribution in [0.25, 0.3) is 0 Å². The van der Waals surface area contributed by atoms with Crippen LogP contribution < -0.4 is 5.73 Å². The average Bonchev–Trinajstić information content (AvgIpc) is 1.99. The minimum atomic E-state index is -0.518. The number of nitrogens with two attached hydrogens (primary N) is 1. The number of nitrogen functional groups attached to an aromatic ring is 1. The van der Waals surface area contributed by atoms with Crippen LogP contribution in [0.4, 0.5) is 11.4 Å². The van der Waals surface area contributed by atoms with E-state index in [0.29, 0.717) is 10.6 Å². The van der Waals surface area contributed by atoms with Gasteiger partial charge in [0.05, 0.1) is 9.95 Å². The highest BCUT2D eigenvalue weighted by Crippen LogP contribution is 2.33. The molecule has 0 amide bonds. The van der Waals surface area contributed by atoms with Gasteiger partial charge in [0, 0.05) is 5.56 Å². The summed E-state index contributed by atoms with van der Waals surface area (Å²) in [5.41, 5.74) is 6.72. The molecule has 1 aromatic rings. The molecular weight excluding hydrogens is 192 g/mol. The van der Waals surface area contributed by atoms with Gasteiger partial charge in [0.25, 0.3) is 5.69 Å². The summed E-state index contributed by atoms with van der Waals surface area (Å²) < 4.78 is 0. The van der Waals surface area contributed by atoms with Crippen LogP contribution in [-0.2, 0) is 0 Å². The van der Waals surface area contributed by atoms with E-state index in [4.69, 9.17) is 17.3 Å². The molecule has 5 heteroatoms. The lowest BCUT2D eigenvalue weighted by Crippen LogP contribution is -1.99. The van der Waals surface area contributed by atoms with E-state index in [0.717, 1.165) is 5.56 Å². The molecule has 0 aliphatic rings. The predicted molar refractivity (Wildman–Crippen MR) is 52.0 cm³/mol. The summed E-state index contributed by atoms with van der Waals surface area (Å²) in [5, 5.41) is 11.0. The molecule has 0 atom stereocenters. The second-order valence-corrected chi connectivity index (χ2v) is 3.21. The molecule has 13 heavy (non-hydrogen) atoms. The summed E-state index contributed by atoms with van der Waals surface area (Å²) in [6.07, 6.45) is 0. The monoisotopic (exact) mass is 200 g/mol. The van der Waals surface area contributed by atoms with Crippen molar-refractivity contribution in [2.24, 2.45) is 0 Å². The van der Waals surface area contributed by atoms with Crippen molar-refractivity contribution < 1.29 is 4.92 Å². The Labute approximate surface area is 80.5 Å². The van der Waals surface area contributed by atoms with Crippen LogP contribution in [0.15, 0.2) is 6.07 Å². The molecule has 0 aromatic heterocycles. The van der Waals surface area contributed by atoms with E-state index >= 15 is 0 Å². The Morgan fingerprint density at radius 2 is 2.08 bits per heavy atom. The molecule has 0 saturated heterocycles. The van der Waals surface area contributed by atoms with E-state index in [1.54, 1.807) is 13.8 Å². The predicted octanol–water partition coefficient (Wildman–Crippen LogP) is 2.45. The number of hydrogen-bond donors (Lipinski definition) is 1. The summed E-state index contributed by atoms with van der Waals surface area (Å²) in [7, 11) is 0. The molecule has 0 spiro atoms. The van der Waals surface area contributed by atoms with Crippen molar-refractivity contribution >= 4 is 23.0 Å². The Bertz CT molecular complexity index is 377. The molecule has 1 rings (SSSR count). The van der Waals surface area contributed by atoms with Gasteiger partial charge in [-0.2, -0.15) is 0 Å². The summed E-state index contributed by atoms with van der Waals surface area (Å²) in [6.45, 7) is 3.35. The quantitative estimate of drug-likeness (QED) is 0.430. The van der Waals surface area contributed by atoms with E-state index < -0.39 is 4.92 Å². The Kier molecular flexibility index (Phi) is 2.43. The molecule has 0 unspecified atom stereocenters. The topological polar surface area (TPSA) is 69.2 Å². The van der Waals surface area contributed by atoms with E-state index in [1.165, 1.54) is 6.07 Å². The van der Waals surface area contributed by atoms with Crippen LogP contribution in [0.5, 0.6) is 0 Å². The van der Waals surface area contributed by atoms with Crippen LogP contribution >= 0.6 is 11.6 Å². The molecule has 70 valence electrons. The zero-order valence-corrected chi connectivity index (χ0v) is 8.05. The van der Waals surface area contributed by atoms with Gasteiger partial charge < -0.3 is 5.73 Å². The molecule has 0 bridgehead atoms. The third kappa shape index (κ3) is 1.58. The van der Waals surface area contributed by atoms with Gasteiger partial charge in [0.2, 0.25) is 0 Å². The van der Waals surface area contributed by atoms with Gasteiger partial charge in [-0.3, -0.25) is 10.1 Å². The molecule has 0 radical (unpaired) electrons. The van der Waals surface area contributed by atoms with Crippen LogP contribution in [0.3, 0.4) is 0 Å². The number of benzene rings is 1. The largest absolute Gasteiger partial charge is 0.393 e. The van der Waals surface area contributed by atoms with Gasteiger partial charge in [0.15, 0.2) is 0 Å². The lowest BCUT2D eigenvalue weighted by Gasteiger charge is -2.05. The number of halogens is 1.